The third-order valence-corrected chi connectivity index (χ3v) is 2.57. The van der Waals surface area contributed by atoms with Crippen LogP contribution in [-0.4, -0.2) is 4.98 Å². The molecule has 4 heteroatoms. The molecule has 0 unspecified atom stereocenters. The number of pyridine rings is 1. The van der Waals surface area contributed by atoms with Gasteiger partial charge in [0.1, 0.15) is 11.6 Å². The van der Waals surface area contributed by atoms with Crippen molar-refractivity contribution in [3.8, 4) is 11.1 Å². The minimum absolute atomic E-state index is 0.298. The zero-order chi connectivity index (χ0) is 11.5. The van der Waals surface area contributed by atoms with E-state index in [0.717, 1.165) is 5.56 Å². The van der Waals surface area contributed by atoms with Crippen LogP contribution < -0.4 is 5.73 Å². The smallest absolute Gasteiger partial charge is 0.131 e. The highest BCUT2D eigenvalue weighted by Gasteiger charge is 2.05. The maximum Gasteiger partial charge on any atom is 0.131 e. The average molecular weight is 237 g/mol. The van der Waals surface area contributed by atoms with Crippen molar-refractivity contribution in [1.82, 2.24) is 4.98 Å². The first kappa shape index (κ1) is 10.9. The van der Waals surface area contributed by atoms with Gasteiger partial charge in [0.25, 0.3) is 0 Å². The Morgan fingerprint density at radius 1 is 1.31 bits per heavy atom. The molecule has 82 valence electrons. The largest absolute Gasteiger partial charge is 0.383 e. The van der Waals surface area contributed by atoms with E-state index in [-0.39, 0.29) is 5.82 Å². The van der Waals surface area contributed by atoms with Gasteiger partial charge in [-0.25, -0.2) is 9.37 Å². The molecule has 0 spiro atoms. The first-order valence-corrected chi connectivity index (χ1v) is 5.30. The Morgan fingerprint density at radius 3 is 2.81 bits per heavy atom. The van der Waals surface area contributed by atoms with Crippen molar-refractivity contribution in [2.45, 2.75) is 5.88 Å². The first-order chi connectivity index (χ1) is 7.70. The zero-order valence-electron chi connectivity index (χ0n) is 8.45. The Morgan fingerprint density at radius 2 is 2.12 bits per heavy atom. The first-order valence-electron chi connectivity index (χ1n) is 4.77. The summed E-state index contributed by atoms with van der Waals surface area (Å²) in [6.07, 6.45) is 1.62. The second-order valence-electron chi connectivity index (χ2n) is 3.42. The molecule has 0 saturated heterocycles. The van der Waals surface area contributed by atoms with E-state index in [1.54, 1.807) is 18.3 Å². The lowest BCUT2D eigenvalue weighted by molar-refractivity contribution is 0.628. The fourth-order valence-electron chi connectivity index (χ4n) is 1.48. The van der Waals surface area contributed by atoms with Gasteiger partial charge in [-0.1, -0.05) is 12.1 Å². The van der Waals surface area contributed by atoms with Gasteiger partial charge in [-0.05, 0) is 29.3 Å². The van der Waals surface area contributed by atoms with Crippen molar-refractivity contribution in [2.24, 2.45) is 0 Å². The molecule has 2 rings (SSSR count). The van der Waals surface area contributed by atoms with Crippen LogP contribution in [0.5, 0.6) is 0 Å². The predicted molar refractivity (Wildman–Crippen MR) is 63.6 cm³/mol. The molecule has 2 nitrogen and oxygen atoms in total. The summed E-state index contributed by atoms with van der Waals surface area (Å²) >= 11 is 5.72. The summed E-state index contributed by atoms with van der Waals surface area (Å²) in [5.41, 5.74) is 8.02. The predicted octanol–water partition coefficient (Wildman–Crippen LogP) is 3.21. The number of rotatable bonds is 2. The molecule has 0 aliphatic carbocycles. The molecule has 0 amide bonds. The Balaban J connectivity index is 2.54. The number of nitrogens with zero attached hydrogens (tertiary/aromatic N) is 1. The second kappa shape index (κ2) is 4.49. The van der Waals surface area contributed by atoms with Gasteiger partial charge in [-0.15, -0.1) is 11.6 Å². The molecular weight excluding hydrogens is 227 g/mol. The molecule has 2 aromatic rings. The van der Waals surface area contributed by atoms with Crippen molar-refractivity contribution >= 4 is 17.4 Å². The Kier molecular flexibility index (Phi) is 3.06. The van der Waals surface area contributed by atoms with Crippen LogP contribution in [0.2, 0.25) is 0 Å². The van der Waals surface area contributed by atoms with Crippen molar-refractivity contribution in [2.75, 3.05) is 5.73 Å². The summed E-state index contributed by atoms with van der Waals surface area (Å²) in [4.78, 5) is 4.03. The maximum absolute atomic E-state index is 13.1. The summed E-state index contributed by atoms with van der Waals surface area (Å²) < 4.78 is 13.1. The van der Waals surface area contributed by atoms with E-state index in [9.17, 15) is 4.39 Å². The highest BCUT2D eigenvalue weighted by molar-refractivity contribution is 6.17. The molecule has 1 heterocycles. The topological polar surface area (TPSA) is 38.9 Å². The molecule has 0 atom stereocenters. The number of nitrogens with two attached hydrogens (primary N) is 1. The van der Waals surface area contributed by atoms with E-state index in [1.807, 2.05) is 6.07 Å². The number of nitrogen functional groups attached to an aromatic ring is 1. The molecule has 1 aromatic heterocycles. The third kappa shape index (κ3) is 2.14. The summed E-state index contributed by atoms with van der Waals surface area (Å²) in [7, 11) is 0. The van der Waals surface area contributed by atoms with Crippen molar-refractivity contribution in [3.05, 3.63) is 47.9 Å². The average Bonchev–Trinajstić information content (AvgIpc) is 2.30. The monoisotopic (exact) mass is 236 g/mol. The molecule has 1 aromatic carbocycles. The lowest BCUT2D eigenvalue weighted by atomic mass is 10.1. The van der Waals surface area contributed by atoms with E-state index in [1.165, 1.54) is 12.1 Å². The fourth-order valence-corrected chi connectivity index (χ4v) is 1.63. The summed E-state index contributed by atoms with van der Waals surface area (Å²) in [6, 6.07) is 8.06. The number of benzene rings is 1. The molecule has 0 bridgehead atoms. The van der Waals surface area contributed by atoms with Crippen LogP contribution in [0, 0.1) is 5.82 Å². The number of alkyl halides is 1. The molecule has 0 aliphatic rings. The van der Waals surface area contributed by atoms with Gasteiger partial charge in [0.2, 0.25) is 0 Å². The van der Waals surface area contributed by atoms with Gasteiger partial charge in [-0.3, -0.25) is 0 Å². The van der Waals surface area contributed by atoms with Gasteiger partial charge < -0.3 is 5.73 Å². The second-order valence-corrected chi connectivity index (χ2v) is 3.69. The van der Waals surface area contributed by atoms with Gasteiger partial charge in [0.05, 0.1) is 0 Å². The highest BCUT2D eigenvalue weighted by atomic mass is 35.5. The van der Waals surface area contributed by atoms with Gasteiger partial charge in [-0.2, -0.15) is 0 Å². The van der Waals surface area contributed by atoms with Gasteiger partial charge >= 0.3 is 0 Å². The number of hydrogen-bond acceptors (Lipinski definition) is 2. The third-order valence-electron chi connectivity index (χ3n) is 2.27. The molecule has 0 radical (unpaired) electrons. The molecule has 0 fully saturated rings. The van der Waals surface area contributed by atoms with E-state index in [4.69, 9.17) is 17.3 Å². The summed E-state index contributed by atoms with van der Waals surface area (Å²) in [5, 5.41) is 0. The Labute approximate surface area is 97.9 Å². The van der Waals surface area contributed by atoms with E-state index in [0.29, 0.717) is 22.8 Å². The lowest BCUT2D eigenvalue weighted by Gasteiger charge is -2.06. The standard InChI is InChI=1S/C12H10ClFN2/c13-6-8-4-11(12(15)16-7-8)9-2-1-3-10(14)5-9/h1-5,7H,6H2,(H2,15,16). The molecule has 0 aliphatic heterocycles. The quantitative estimate of drug-likeness (QED) is 0.814. The minimum atomic E-state index is -0.298. The summed E-state index contributed by atoms with van der Waals surface area (Å²) in [6.45, 7) is 0. The zero-order valence-corrected chi connectivity index (χ0v) is 9.21. The van der Waals surface area contributed by atoms with Crippen molar-refractivity contribution < 1.29 is 4.39 Å². The van der Waals surface area contributed by atoms with Gasteiger partial charge in [0.15, 0.2) is 0 Å². The number of aromatic nitrogens is 1. The van der Waals surface area contributed by atoms with Crippen LogP contribution >= 0.6 is 11.6 Å². The van der Waals surface area contributed by atoms with Crippen molar-refractivity contribution in [1.29, 1.82) is 0 Å². The Bertz CT molecular complexity index is 514. The van der Waals surface area contributed by atoms with Crippen LogP contribution in [0.25, 0.3) is 11.1 Å². The van der Waals surface area contributed by atoms with Gasteiger partial charge in [0, 0.05) is 17.6 Å². The van der Waals surface area contributed by atoms with Crippen molar-refractivity contribution in [3.63, 3.8) is 0 Å². The van der Waals surface area contributed by atoms with E-state index < -0.39 is 0 Å². The van der Waals surface area contributed by atoms with Crippen LogP contribution in [0.1, 0.15) is 5.56 Å². The number of halogens is 2. The van der Waals surface area contributed by atoms with E-state index >= 15 is 0 Å². The number of anilines is 1. The lowest BCUT2D eigenvalue weighted by Crippen LogP contribution is -1.95. The fraction of sp³-hybridized carbons (Fsp3) is 0.0833. The van der Waals surface area contributed by atoms with E-state index in [2.05, 4.69) is 4.98 Å². The number of hydrogen-bond donors (Lipinski definition) is 1. The van der Waals surface area contributed by atoms with Crippen LogP contribution in [0.4, 0.5) is 10.2 Å². The molecule has 2 N–H and O–H groups in total. The van der Waals surface area contributed by atoms with Crippen LogP contribution in [0.15, 0.2) is 36.5 Å². The highest BCUT2D eigenvalue weighted by Crippen LogP contribution is 2.26. The van der Waals surface area contributed by atoms with Crippen LogP contribution in [0.3, 0.4) is 0 Å². The minimum Gasteiger partial charge on any atom is -0.383 e. The Hall–Kier alpha value is -1.61. The maximum atomic E-state index is 13.1. The normalized spacial score (nSPS) is 10.4. The summed E-state index contributed by atoms with van der Waals surface area (Å²) in [5.74, 6) is 0.433. The molecule has 0 saturated carbocycles. The molecule has 16 heavy (non-hydrogen) atoms. The SMILES string of the molecule is Nc1ncc(CCl)cc1-c1cccc(F)c1. The van der Waals surface area contributed by atoms with Crippen LogP contribution in [-0.2, 0) is 5.88 Å². The molecular formula is C12H10ClFN2.